The van der Waals surface area contributed by atoms with Gasteiger partial charge in [0.25, 0.3) is 0 Å². The molecule has 0 radical (unpaired) electrons. The van der Waals surface area contributed by atoms with E-state index in [0.717, 1.165) is 12.8 Å². The largest absolute Gasteiger partial charge is 0.393 e. The molecular formula is C28H55N5O8S2. The summed E-state index contributed by atoms with van der Waals surface area (Å²) in [7, 11) is -6.17. The molecule has 0 spiro atoms. The lowest BCUT2D eigenvalue weighted by molar-refractivity contribution is -0.138. The molecule has 0 aromatic rings. The zero-order chi connectivity index (χ0) is 32.5. The van der Waals surface area contributed by atoms with Crippen molar-refractivity contribution in [1.29, 1.82) is 0 Å². The molecule has 43 heavy (non-hydrogen) atoms. The molecule has 2 fully saturated rings. The highest BCUT2D eigenvalue weighted by Gasteiger charge is 2.42. The monoisotopic (exact) mass is 653 g/mol. The highest BCUT2D eigenvalue weighted by molar-refractivity contribution is 7.90. The van der Waals surface area contributed by atoms with Gasteiger partial charge in [-0.15, -0.1) is 4.83 Å². The van der Waals surface area contributed by atoms with Gasteiger partial charge in [-0.2, -0.15) is 0 Å². The van der Waals surface area contributed by atoms with Crippen LogP contribution in [0, 0.1) is 17.8 Å². The second-order valence-corrected chi connectivity index (χ2v) is 16.9. The van der Waals surface area contributed by atoms with Crippen LogP contribution in [0.15, 0.2) is 0 Å². The molecule has 5 unspecified atom stereocenters. The number of amides is 2. The zero-order valence-electron chi connectivity index (χ0n) is 26.4. The predicted molar refractivity (Wildman–Crippen MR) is 165 cm³/mol. The van der Waals surface area contributed by atoms with Crippen molar-refractivity contribution in [3.8, 4) is 0 Å². The van der Waals surface area contributed by atoms with E-state index >= 15 is 0 Å². The van der Waals surface area contributed by atoms with Gasteiger partial charge < -0.3 is 20.4 Å². The van der Waals surface area contributed by atoms with Gasteiger partial charge in [-0.1, -0.05) is 13.8 Å². The summed E-state index contributed by atoms with van der Waals surface area (Å²) in [4.78, 5) is 31.3. The predicted octanol–water partition coefficient (Wildman–Crippen LogP) is 0.670. The minimum atomic E-state index is -4.02. The van der Waals surface area contributed by atoms with Gasteiger partial charge in [-0.05, 0) is 84.0 Å². The van der Waals surface area contributed by atoms with Crippen molar-refractivity contribution >= 4 is 31.9 Å². The van der Waals surface area contributed by atoms with Gasteiger partial charge in [-0.25, -0.2) is 27.0 Å². The Bertz CT molecular complexity index is 1110. The second-order valence-electron chi connectivity index (χ2n) is 12.8. The highest BCUT2D eigenvalue weighted by atomic mass is 32.2. The number of hydrogen-bond acceptors (Lipinski definition) is 9. The maximum Gasteiger partial charge on any atom is 0.226 e. The number of carbonyl (C=O) groups is 2. The number of sulfonamides is 2. The van der Waals surface area contributed by atoms with Gasteiger partial charge in [-0.3, -0.25) is 9.59 Å². The number of rotatable bonds is 16. The molecule has 0 aromatic carbocycles. The van der Waals surface area contributed by atoms with E-state index in [1.807, 2.05) is 13.8 Å². The van der Waals surface area contributed by atoms with E-state index in [4.69, 9.17) is 5.14 Å². The lowest BCUT2D eigenvalue weighted by Crippen LogP contribution is -2.54. The van der Waals surface area contributed by atoms with Gasteiger partial charge in [0.1, 0.15) is 0 Å². The van der Waals surface area contributed by atoms with Crippen molar-refractivity contribution in [3.05, 3.63) is 0 Å². The van der Waals surface area contributed by atoms with Crippen molar-refractivity contribution in [3.63, 3.8) is 0 Å². The molecule has 13 nitrogen and oxygen atoms in total. The molecule has 0 saturated heterocycles. The zero-order valence-corrected chi connectivity index (χ0v) is 28.1. The topological polar surface area (TPSA) is 199 Å². The minimum absolute atomic E-state index is 0.0253. The van der Waals surface area contributed by atoms with Crippen LogP contribution in [0.25, 0.3) is 0 Å². The summed E-state index contributed by atoms with van der Waals surface area (Å²) in [6.45, 7) is 7.97. The fourth-order valence-corrected chi connectivity index (χ4v) is 7.92. The van der Waals surface area contributed by atoms with Crippen LogP contribution in [-0.4, -0.2) is 104 Å². The standard InChI is InChI=1S/C28H55N5O8S2/c1-6-12-33(13-7-2)28(37)22-15-21(16-24(17-22)42(29,38)39)27(36)30-25(14-20-8-10-23(34)11-9-20)26(35)18-32(5)31-43(40,41)19(3)4/h19-26,31,34-35H,6-18H2,1-5H3,(H,30,36)(H2,29,38,39). The van der Waals surface area contributed by atoms with Gasteiger partial charge in [0, 0.05) is 38.5 Å². The summed E-state index contributed by atoms with van der Waals surface area (Å²) in [5.41, 5.74) is 0. The Morgan fingerprint density at radius 2 is 1.51 bits per heavy atom. The molecule has 2 rings (SSSR count). The number of aliphatic hydroxyl groups excluding tert-OH is 2. The lowest BCUT2D eigenvalue weighted by Gasteiger charge is -2.37. The molecule has 0 aromatic heterocycles. The van der Waals surface area contributed by atoms with E-state index in [0.29, 0.717) is 45.2 Å². The number of likely N-dealkylation sites (N-methyl/N-ethyl adjacent to an activating group) is 1. The molecule has 5 atom stereocenters. The fraction of sp³-hybridized carbons (Fsp3) is 0.929. The molecule has 2 aliphatic carbocycles. The number of primary sulfonamides is 1. The van der Waals surface area contributed by atoms with Crippen molar-refractivity contribution in [2.45, 2.75) is 121 Å². The van der Waals surface area contributed by atoms with E-state index < -0.39 is 60.4 Å². The van der Waals surface area contributed by atoms with Gasteiger partial charge >= 0.3 is 0 Å². The van der Waals surface area contributed by atoms with Crippen LogP contribution >= 0.6 is 0 Å². The first kappa shape index (κ1) is 37.8. The fourth-order valence-electron chi connectivity index (χ4n) is 6.20. The minimum Gasteiger partial charge on any atom is -0.393 e. The average Bonchev–Trinajstić information content (AvgIpc) is 2.92. The van der Waals surface area contributed by atoms with Crippen LogP contribution < -0.4 is 15.3 Å². The summed E-state index contributed by atoms with van der Waals surface area (Å²) in [6, 6.07) is -0.764. The number of nitrogens with zero attached hydrogens (tertiary/aromatic N) is 2. The van der Waals surface area contributed by atoms with Crippen molar-refractivity contribution in [2.75, 3.05) is 26.7 Å². The number of nitrogens with one attached hydrogen (secondary N) is 2. The molecular weight excluding hydrogens is 598 g/mol. The quantitative estimate of drug-likeness (QED) is 0.149. The summed E-state index contributed by atoms with van der Waals surface area (Å²) in [6.07, 6.45) is 3.24. The first-order valence-electron chi connectivity index (χ1n) is 15.7. The number of hydrazine groups is 1. The lowest BCUT2D eigenvalue weighted by atomic mass is 9.79. The summed E-state index contributed by atoms with van der Waals surface area (Å²) >= 11 is 0. The number of carbonyl (C=O) groups excluding carboxylic acids is 2. The first-order valence-corrected chi connectivity index (χ1v) is 18.8. The Morgan fingerprint density at radius 3 is 2.02 bits per heavy atom. The Balaban J connectivity index is 2.26. The SMILES string of the molecule is CCCN(CCC)C(=O)C1CC(C(=O)NC(CC2CCC(O)CC2)C(O)CN(C)NS(=O)(=O)C(C)C)CC(S(N)(=O)=O)C1. The maximum atomic E-state index is 13.7. The summed E-state index contributed by atoms with van der Waals surface area (Å²) < 4.78 is 49.6. The second kappa shape index (κ2) is 16.8. The average molecular weight is 654 g/mol. The number of nitrogens with two attached hydrogens (primary N) is 1. The van der Waals surface area contributed by atoms with Crippen molar-refractivity contribution < 1.29 is 36.6 Å². The van der Waals surface area contributed by atoms with Crippen molar-refractivity contribution in [2.24, 2.45) is 22.9 Å². The van der Waals surface area contributed by atoms with Gasteiger partial charge in [0.05, 0.1) is 28.7 Å². The van der Waals surface area contributed by atoms with Gasteiger partial charge in [0.15, 0.2) is 0 Å². The van der Waals surface area contributed by atoms with Crippen LogP contribution in [0.4, 0.5) is 0 Å². The smallest absolute Gasteiger partial charge is 0.226 e. The van der Waals surface area contributed by atoms with Gasteiger partial charge in [0.2, 0.25) is 31.9 Å². The molecule has 0 heterocycles. The van der Waals surface area contributed by atoms with E-state index in [1.165, 1.54) is 25.9 Å². The molecule has 2 amide bonds. The van der Waals surface area contributed by atoms with E-state index in [-0.39, 0.29) is 43.7 Å². The van der Waals surface area contributed by atoms with Crippen LogP contribution in [0.5, 0.6) is 0 Å². The van der Waals surface area contributed by atoms with E-state index in [1.54, 1.807) is 4.90 Å². The molecule has 2 aliphatic rings. The third kappa shape index (κ3) is 11.8. The van der Waals surface area contributed by atoms with E-state index in [2.05, 4.69) is 10.1 Å². The maximum absolute atomic E-state index is 13.7. The Hall–Kier alpha value is -1.36. The molecule has 0 aliphatic heterocycles. The molecule has 252 valence electrons. The number of aliphatic hydroxyl groups is 2. The molecule has 6 N–H and O–H groups in total. The van der Waals surface area contributed by atoms with Crippen LogP contribution in [0.1, 0.15) is 91.9 Å². The van der Waals surface area contributed by atoms with Crippen LogP contribution in [0.2, 0.25) is 0 Å². The van der Waals surface area contributed by atoms with Crippen LogP contribution in [-0.2, 0) is 29.6 Å². The van der Waals surface area contributed by atoms with E-state index in [9.17, 15) is 36.6 Å². The number of hydrogen-bond donors (Lipinski definition) is 5. The molecule has 15 heteroatoms. The first-order chi connectivity index (χ1) is 20.0. The molecule has 0 bridgehead atoms. The Labute approximate surface area is 258 Å². The third-order valence-corrected chi connectivity index (χ3v) is 11.8. The summed E-state index contributed by atoms with van der Waals surface area (Å²) in [5.74, 6) is -2.00. The van der Waals surface area contributed by atoms with Crippen LogP contribution in [0.3, 0.4) is 0 Å². The van der Waals surface area contributed by atoms with Crippen molar-refractivity contribution in [1.82, 2.24) is 20.1 Å². The Kier molecular flexibility index (Phi) is 14.8. The Morgan fingerprint density at radius 1 is 0.953 bits per heavy atom. The molecule has 2 saturated carbocycles. The third-order valence-electron chi connectivity index (χ3n) is 8.71. The summed E-state index contributed by atoms with van der Waals surface area (Å²) in [5, 5.41) is 29.2. The highest BCUT2D eigenvalue weighted by Crippen LogP contribution is 2.35. The normalized spacial score (nSPS) is 26.7.